The summed E-state index contributed by atoms with van der Waals surface area (Å²) in [5, 5.41) is 9.36. The Morgan fingerprint density at radius 2 is 1.66 bits per heavy atom. The predicted molar refractivity (Wildman–Crippen MR) is 111 cm³/mol. The molecule has 3 rings (SSSR count). The first-order valence-corrected chi connectivity index (χ1v) is 10.5. The molecule has 1 aromatic heterocycles. The van der Waals surface area contributed by atoms with Crippen molar-refractivity contribution in [1.82, 2.24) is 10.2 Å². The fourth-order valence-electron chi connectivity index (χ4n) is 2.84. The summed E-state index contributed by atoms with van der Waals surface area (Å²) < 4.78 is 33.0. The largest absolute Gasteiger partial charge is 0.494 e. The topological polar surface area (TPSA) is 113 Å². The first-order valence-electron chi connectivity index (χ1n) is 8.99. The highest BCUT2D eigenvalue weighted by atomic mass is 32.2. The summed E-state index contributed by atoms with van der Waals surface area (Å²) in [5.74, 6) is 0.426. The minimum absolute atomic E-state index is 0.120. The Hall–Kier alpha value is -3.33. The number of hydrogen-bond acceptors (Lipinski definition) is 5. The summed E-state index contributed by atoms with van der Waals surface area (Å²) in [5.41, 5.74) is 2.23. The number of aromatic nitrogens is 2. The third-order valence-electron chi connectivity index (χ3n) is 4.15. The highest BCUT2D eigenvalue weighted by Crippen LogP contribution is 2.22. The molecule has 0 radical (unpaired) electrons. The summed E-state index contributed by atoms with van der Waals surface area (Å²) in [6.07, 6.45) is 0. The van der Waals surface area contributed by atoms with Gasteiger partial charge < -0.3 is 10.1 Å². The van der Waals surface area contributed by atoms with Crippen LogP contribution in [-0.4, -0.2) is 31.1 Å². The fraction of sp³-hybridized carbons (Fsp3) is 0.200. The zero-order valence-corrected chi connectivity index (χ0v) is 17.1. The lowest BCUT2D eigenvalue weighted by atomic mass is 10.2. The Morgan fingerprint density at radius 3 is 2.21 bits per heavy atom. The lowest BCUT2D eigenvalue weighted by Gasteiger charge is -2.10. The average Bonchev–Trinajstić information content (AvgIpc) is 3.03. The Balaban J connectivity index is 1.69. The fourth-order valence-corrected chi connectivity index (χ4v) is 4.27. The molecule has 0 fully saturated rings. The van der Waals surface area contributed by atoms with Gasteiger partial charge in [-0.15, -0.1) is 0 Å². The van der Waals surface area contributed by atoms with Crippen LogP contribution in [0.25, 0.3) is 0 Å². The van der Waals surface area contributed by atoms with Crippen LogP contribution in [0.5, 0.6) is 5.75 Å². The number of ether oxygens (including phenoxy) is 1. The van der Waals surface area contributed by atoms with Crippen molar-refractivity contribution in [2.24, 2.45) is 0 Å². The molecule has 8 nitrogen and oxygen atoms in total. The molecule has 152 valence electrons. The van der Waals surface area contributed by atoms with E-state index in [0.29, 0.717) is 34.9 Å². The highest BCUT2D eigenvalue weighted by Gasteiger charge is 2.22. The van der Waals surface area contributed by atoms with Crippen LogP contribution in [0.3, 0.4) is 0 Å². The molecule has 0 atom stereocenters. The Labute approximate surface area is 169 Å². The molecule has 0 unspecified atom stereocenters. The van der Waals surface area contributed by atoms with Crippen molar-refractivity contribution in [3.8, 4) is 5.75 Å². The second-order valence-electron chi connectivity index (χ2n) is 6.36. The first-order chi connectivity index (χ1) is 13.8. The molecule has 0 saturated carbocycles. The van der Waals surface area contributed by atoms with Crippen molar-refractivity contribution in [2.75, 3.05) is 16.6 Å². The highest BCUT2D eigenvalue weighted by molar-refractivity contribution is 7.92. The molecule has 1 amide bonds. The Bertz CT molecular complexity index is 1080. The molecular formula is C20H22N4O4S. The Morgan fingerprint density at radius 1 is 1.03 bits per heavy atom. The van der Waals surface area contributed by atoms with Crippen LogP contribution in [0.2, 0.25) is 0 Å². The molecule has 29 heavy (non-hydrogen) atoms. The smallest absolute Gasteiger partial charge is 0.265 e. The van der Waals surface area contributed by atoms with Crippen LogP contribution in [0, 0.1) is 13.8 Å². The zero-order valence-electron chi connectivity index (χ0n) is 16.3. The maximum Gasteiger partial charge on any atom is 0.265 e. The summed E-state index contributed by atoms with van der Waals surface area (Å²) >= 11 is 0. The number of carbonyl (C=O) groups excluding carboxylic acids is 1. The van der Waals surface area contributed by atoms with Gasteiger partial charge in [-0.2, -0.15) is 5.10 Å². The Kier molecular flexibility index (Phi) is 5.88. The van der Waals surface area contributed by atoms with Gasteiger partial charge in [0.25, 0.3) is 15.9 Å². The van der Waals surface area contributed by atoms with Crippen LogP contribution in [0.15, 0.2) is 53.4 Å². The van der Waals surface area contributed by atoms with Crippen molar-refractivity contribution in [3.05, 3.63) is 65.5 Å². The van der Waals surface area contributed by atoms with E-state index in [2.05, 4.69) is 20.2 Å². The normalized spacial score (nSPS) is 11.1. The minimum Gasteiger partial charge on any atom is -0.494 e. The standard InChI is InChI=1S/C20H22N4O4S/c1-4-28-18-11-9-16(10-12-18)21-20(25)15-5-7-17(8-6-15)24-29(26,27)19-13(2)22-23-14(19)3/h5-12,24H,4H2,1-3H3,(H,21,25)(H,22,23). The number of nitrogens with one attached hydrogen (secondary N) is 3. The van der Waals surface area contributed by atoms with Gasteiger partial charge in [0.1, 0.15) is 10.6 Å². The molecule has 0 aliphatic carbocycles. The van der Waals surface area contributed by atoms with E-state index in [1.54, 1.807) is 50.2 Å². The van der Waals surface area contributed by atoms with E-state index in [-0.39, 0.29) is 10.8 Å². The number of rotatable bonds is 7. The first kappa shape index (κ1) is 20.4. The van der Waals surface area contributed by atoms with Crippen molar-refractivity contribution < 1.29 is 17.9 Å². The summed E-state index contributed by atoms with van der Waals surface area (Å²) in [4.78, 5) is 12.5. The number of sulfonamides is 1. The molecule has 9 heteroatoms. The number of benzene rings is 2. The number of amides is 1. The number of H-pyrrole nitrogens is 1. The second-order valence-corrected chi connectivity index (χ2v) is 7.98. The van der Waals surface area contributed by atoms with E-state index in [0.717, 1.165) is 5.75 Å². The van der Waals surface area contributed by atoms with Gasteiger partial charge in [0.2, 0.25) is 0 Å². The lowest BCUT2D eigenvalue weighted by molar-refractivity contribution is 0.102. The summed E-state index contributed by atoms with van der Waals surface area (Å²) in [6.45, 7) is 5.73. The van der Waals surface area contributed by atoms with Crippen LogP contribution in [-0.2, 0) is 10.0 Å². The maximum atomic E-state index is 12.6. The molecule has 3 N–H and O–H groups in total. The maximum absolute atomic E-state index is 12.6. The van der Waals surface area contributed by atoms with E-state index in [9.17, 15) is 13.2 Å². The molecule has 3 aromatic rings. The van der Waals surface area contributed by atoms with E-state index in [1.807, 2.05) is 6.92 Å². The van der Waals surface area contributed by atoms with E-state index < -0.39 is 10.0 Å². The number of carbonyl (C=O) groups is 1. The van der Waals surface area contributed by atoms with Gasteiger partial charge in [-0.05, 0) is 69.3 Å². The number of anilines is 2. The van der Waals surface area contributed by atoms with Gasteiger partial charge in [-0.25, -0.2) is 8.42 Å². The molecule has 0 aliphatic heterocycles. The van der Waals surface area contributed by atoms with Crippen molar-refractivity contribution in [2.45, 2.75) is 25.7 Å². The van der Waals surface area contributed by atoms with Crippen LogP contribution < -0.4 is 14.8 Å². The third-order valence-corrected chi connectivity index (χ3v) is 5.80. The number of nitrogens with zero attached hydrogens (tertiary/aromatic N) is 1. The molecular weight excluding hydrogens is 392 g/mol. The van der Waals surface area contributed by atoms with Crippen molar-refractivity contribution in [1.29, 1.82) is 0 Å². The van der Waals surface area contributed by atoms with Gasteiger partial charge in [-0.1, -0.05) is 0 Å². The van der Waals surface area contributed by atoms with E-state index in [1.165, 1.54) is 12.1 Å². The summed E-state index contributed by atoms with van der Waals surface area (Å²) in [6, 6.07) is 13.2. The van der Waals surface area contributed by atoms with Gasteiger partial charge in [0, 0.05) is 16.9 Å². The van der Waals surface area contributed by atoms with Crippen LogP contribution >= 0.6 is 0 Å². The molecule has 0 spiro atoms. The van der Waals surface area contributed by atoms with Gasteiger partial charge in [-0.3, -0.25) is 14.6 Å². The van der Waals surface area contributed by atoms with Gasteiger partial charge in [0.15, 0.2) is 0 Å². The summed E-state index contributed by atoms with van der Waals surface area (Å²) in [7, 11) is -3.78. The quantitative estimate of drug-likeness (QED) is 0.548. The van der Waals surface area contributed by atoms with E-state index in [4.69, 9.17) is 4.74 Å². The van der Waals surface area contributed by atoms with Crippen molar-refractivity contribution in [3.63, 3.8) is 0 Å². The van der Waals surface area contributed by atoms with Crippen LogP contribution in [0.1, 0.15) is 28.7 Å². The van der Waals surface area contributed by atoms with Gasteiger partial charge >= 0.3 is 0 Å². The SMILES string of the molecule is CCOc1ccc(NC(=O)c2ccc(NS(=O)(=O)c3c(C)n[nH]c3C)cc2)cc1. The number of aryl methyl sites for hydroxylation is 2. The molecule has 0 saturated heterocycles. The zero-order chi connectivity index (χ0) is 21.0. The third kappa shape index (κ3) is 4.75. The molecule has 0 aliphatic rings. The number of hydrogen-bond donors (Lipinski definition) is 3. The van der Waals surface area contributed by atoms with Crippen LogP contribution in [0.4, 0.5) is 11.4 Å². The van der Waals surface area contributed by atoms with Crippen molar-refractivity contribution >= 4 is 27.3 Å². The minimum atomic E-state index is -3.78. The molecule has 1 heterocycles. The second kappa shape index (κ2) is 8.36. The molecule has 0 bridgehead atoms. The van der Waals surface area contributed by atoms with Gasteiger partial charge in [0.05, 0.1) is 18.0 Å². The monoisotopic (exact) mass is 414 g/mol. The average molecular weight is 414 g/mol. The lowest BCUT2D eigenvalue weighted by Crippen LogP contribution is -2.15. The number of aromatic amines is 1. The van der Waals surface area contributed by atoms with E-state index >= 15 is 0 Å². The predicted octanol–water partition coefficient (Wildman–Crippen LogP) is 3.48. The molecule has 2 aromatic carbocycles.